The van der Waals surface area contributed by atoms with Crippen LogP contribution in [-0.2, 0) is 16.6 Å². The van der Waals surface area contributed by atoms with Crippen molar-refractivity contribution in [3.05, 3.63) is 63.5 Å². The highest BCUT2D eigenvalue weighted by Crippen LogP contribution is 2.33. The Morgan fingerprint density at radius 2 is 1.84 bits per heavy atom. The third-order valence-electron chi connectivity index (χ3n) is 4.75. The van der Waals surface area contributed by atoms with Gasteiger partial charge in [-0.05, 0) is 49.6 Å². The van der Waals surface area contributed by atoms with Gasteiger partial charge in [0.15, 0.2) is 5.82 Å². The van der Waals surface area contributed by atoms with E-state index < -0.39 is 16.1 Å². The second-order valence-electron chi connectivity index (χ2n) is 6.96. The number of benzene rings is 2. The molecule has 0 aliphatic heterocycles. The van der Waals surface area contributed by atoms with E-state index >= 15 is 0 Å². The summed E-state index contributed by atoms with van der Waals surface area (Å²) in [5.41, 5.74) is 0.920. The first-order valence-corrected chi connectivity index (χ1v) is 12.2. The average Bonchev–Trinajstić information content (AvgIpc) is 3.32. The molecule has 0 saturated carbocycles. The van der Waals surface area contributed by atoms with Crippen molar-refractivity contribution in [3.8, 4) is 11.8 Å². The van der Waals surface area contributed by atoms with Gasteiger partial charge in [0.2, 0.25) is 10.0 Å². The number of aromatic amines is 1. The lowest BCUT2D eigenvalue weighted by atomic mass is 10.2. The largest absolute Gasteiger partial charge is 0.424 e. The summed E-state index contributed by atoms with van der Waals surface area (Å²) in [6.07, 6.45) is 1.84. The van der Waals surface area contributed by atoms with Gasteiger partial charge in [0.05, 0.1) is 16.1 Å². The minimum absolute atomic E-state index is 0.0807. The summed E-state index contributed by atoms with van der Waals surface area (Å²) in [5, 5.41) is 9.36. The molecule has 12 heteroatoms. The smallest absolute Gasteiger partial charge is 0.322 e. The maximum absolute atomic E-state index is 13.0. The zero-order valence-electron chi connectivity index (χ0n) is 16.9. The van der Waals surface area contributed by atoms with Crippen molar-refractivity contribution in [2.24, 2.45) is 0 Å². The van der Waals surface area contributed by atoms with Crippen molar-refractivity contribution in [1.29, 1.82) is 0 Å². The van der Waals surface area contributed by atoms with Gasteiger partial charge < -0.3 is 9.72 Å². The van der Waals surface area contributed by atoms with E-state index in [1.54, 1.807) is 11.5 Å². The first kappa shape index (κ1) is 22.9. The fourth-order valence-corrected chi connectivity index (χ4v) is 6.07. The van der Waals surface area contributed by atoms with Crippen molar-refractivity contribution in [1.82, 2.24) is 24.5 Å². The summed E-state index contributed by atoms with van der Waals surface area (Å²) in [4.78, 5) is 2.87. The van der Waals surface area contributed by atoms with Crippen LogP contribution in [0.1, 0.15) is 25.7 Å². The molecule has 2 aromatic carbocycles. The molecule has 0 unspecified atom stereocenters. The van der Waals surface area contributed by atoms with E-state index in [1.807, 2.05) is 37.4 Å². The van der Waals surface area contributed by atoms with Gasteiger partial charge >= 0.3 is 6.01 Å². The van der Waals surface area contributed by atoms with E-state index in [2.05, 4.69) is 19.9 Å². The van der Waals surface area contributed by atoms with Gasteiger partial charge in [0.1, 0.15) is 10.6 Å². The second kappa shape index (κ2) is 8.92. The first-order chi connectivity index (χ1) is 15.2. The fourth-order valence-electron chi connectivity index (χ4n) is 3.32. The highest BCUT2D eigenvalue weighted by molar-refractivity contribution is 7.89. The predicted molar refractivity (Wildman–Crippen MR) is 124 cm³/mol. The lowest BCUT2D eigenvalue weighted by Gasteiger charge is -2.16. The van der Waals surface area contributed by atoms with Gasteiger partial charge in [-0.15, -0.1) is 5.10 Å². The van der Waals surface area contributed by atoms with Crippen LogP contribution in [-0.4, -0.2) is 28.2 Å². The number of nitrogens with zero attached hydrogens (tertiary/aromatic N) is 3. The normalized spacial score (nSPS) is 12.9. The van der Waals surface area contributed by atoms with Crippen molar-refractivity contribution < 1.29 is 13.2 Å². The monoisotopic (exact) mass is 513 g/mol. The van der Waals surface area contributed by atoms with Crippen molar-refractivity contribution in [3.63, 3.8) is 0 Å². The third kappa shape index (κ3) is 4.44. The molecular formula is C20H18Cl3N5O3S. The lowest BCUT2D eigenvalue weighted by molar-refractivity contribution is 0.408. The van der Waals surface area contributed by atoms with Gasteiger partial charge in [-0.25, -0.2) is 13.1 Å². The summed E-state index contributed by atoms with van der Waals surface area (Å²) >= 11 is 18.1. The number of sulfonamides is 1. The van der Waals surface area contributed by atoms with E-state index in [9.17, 15) is 8.42 Å². The summed E-state index contributed by atoms with van der Waals surface area (Å²) in [5.74, 6) is 0.940. The number of H-pyrrole nitrogens is 1. The topological polar surface area (TPSA) is 102 Å². The molecule has 0 amide bonds. The Labute approximate surface area is 199 Å². The second-order valence-corrected chi connectivity index (χ2v) is 9.86. The van der Waals surface area contributed by atoms with E-state index in [4.69, 9.17) is 39.5 Å². The van der Waals surface area contributed by atoms with Crippen molar-refractivity contribution >= 4 is 55.7 Å². The van der Waals surface area contributed by atoms with Crippen LogP contribution < -0.4 is 9.46 Å². The number of fused-ring (bicyclic) bond motifs is 1. The standard InChI is InChI=1S/C20H18Cl3N5O3S/c1-3-28-19(11(2)27-32(29,30)18-15(22)8-13(21)9-16(18)23)25-26-20(28)31-14-5-4-12-6-7-24-17(12)10-14/h4-11,24,27H,3H2,1-2H3/t11-/m1/s1. The first-order valence-electron chi connectivity index (χ1n) is 9.54. The summed E-state index contributed by atoms with van der Waals surface area (Å²) in [6.45, 7) is 3.97. The van der Waals surface area contributed by atoms with Gasteiger partial charge in [0, 0.05) is 29.3 Å². The molecule has 0 saturated heterocycles. The number of aromatic nitrogens is 4. The number of hydrogen-bond donors (Lipinski definition) is 2. The Bertz CT molecular complexity index is 1380. The predicted octanol–water partition coefficient (Wildman–Crippen LogP) is 5.57. The molecule has 1 atom stereocenters. The van der Waals surface area contributed by atoms with Crippen LogP contribution in [0, 0.1) is 0 Å². The molecule has 0 bridgehead atoms. The molecule has 2 N–H and O–H groups in total. The van der Waals surface area contributed by atoms with Crippen LogP contribution in [0.5, 0.6) is 11.8 Å². The van der Waals surface area contributed by atoms with Gasteiger partial charge in [-0.3, -0.25) is 4.57 Å². The lowest BCUT2D eigenvalue weighted by Crippen LogP contribution is -2.29. The zero-order valence-corrected chi connectivity index (χ0v) is 20.0. The Morgan fingerprint density at radius 3 is 2.53 bits per heavy atom. The maximum Gasteiger partial charge on any atom is 0.322 e. The van der Waals surface area contributed by atoms with E-state index in [1.165, 1.54) is 12.1 Å². The molecule has 0 radical (unpaired) electrons. The third-order valence-corrected chi connectivity index (χ3v) is 7.43. The molecule has 4 aromatic rings. The van der Waals surface area contributed by atoms with Crippen LogP contribution in [0.15, 0.2) is 47.5 Å². The Kier molecular flexibility index (Phi) is 6.37. The molecule has 2 heterocycles. The molecule has 4 rings (SSSR count). The Balaban J connectivity index is 1.60. The van der Waals surface area contributed by atoms with E-state index in [0.717, 1.165) is 10.9 Å². The number of ether oxygens (including phenoxy) is 1. The molecular weight excluding hydrogens is 497 g/mol. The van der Waals surface area contributed by atoms with E-state index in [-0.39, 0.29) is 26.0 Å². The quantitative estimate of drug-likeness (QED) is 0.336. The molecule has 8 nitrogen and oxygen atoms in total. The average molecular weight is 515 g/mol. The molecule has 32 heavy (non-hydrogen) atoms. The van der Waals surface area contributed by atoms with Gasteiger partial charge in [0.25, 0.3) is 0 Å². The molecule has 2 aromatic heterocycles. The highest BCUT2D eigenvalue weighted by Gasteiger charge is 2.28. The summed E-state index contributed by atoms with van der Waals surface area (Å²) in [7, 11) is -4.08. The number of rotatable bonds is 7. The van der Waals surface area contributed by atoms with E-state index in [0.29, 0.717) is 18.1 Å². The number of nitrogens with one attached hydrogen (secondary N) is 2. The molecule has 0 fully saturated rings. The summed E-state index contributed by atoms with van der Waals surface area (Å²) < 4.78 is 36.0. The van der Waals surface area contributed by atoms with Crippen LogP contribution >= 0.6 is 34.8 Å². The van der Waals surface area contributed by atoms with Crippen molar-refractivity contribution in [2.45, 2.75) is 31.3 Å². The summed E-state index contributed by atoms with van der Waals surface area (Å²) in [6, 6.07) is 9.66. The van der Waals surface area contributed by atoms with Gasteiger partial charge in [-0.2, -0.15) is 0 Å². The van der Waals surface area contributed by atoms with Crippen LogP contribution in [0.3, 0.4) is 0 Å². The van der Waals surface area contributed by atoms with Gasteiger partial charge in [-0.1, -0.05) is 39.9 Å². The maximum atomic E-state index is 13.0. The molecule has 0 aliphatic rings. The Hall–Kier alpha value is -2.30. The molecule has 0 aliphatic carbocycles. The zero-order chi connectivity index (χ0) is 23.0. The SMILES string of the molecule is CCn1c(Oc2ccc3cc[nH]c3c2)nnc1[C@@H](C)NS(=O)(=O)c1c(Cl)cc(Cl)cc1Cl. The fraction of sp³-hybridized carbons (Fsp3) is 0.200. The van der Waals surface area contributed by atoms with Crippen molar-refractivity contribution in [2.75, 3.05) is 0 Å². The minimum Gasteiger partial charge on any atom is -0.424 e. The minimum atomic E-state index is -4.08. The molecule has 168 valence electrons. The number of hydrogen-bond acceptors (Lipinski definition) is 5. The van der Waals surface area contributed by atoms with Crippen LogP contribution in [0.2, 0.25) is 15.1 Å². The highest BCUT2D eigenvalue weighted by atomic mass is 35.5. The van der Waals surface area contributed by atoms with Crippen LogP contribution in [0.25, 0.3) is 10.9 Å². The molecule has 0 spiro atoms. The number of halogens is 3. The van der Waals surface area contributed by atoms with Crippen LogP contribution in [0.4, 0.5) is 0 Å². The Morgan fingerprint density at radius 1 is 1.12 bits per heavy atom.